The van der Waals surface area contributed by atoms with E-state index in [1.165, 1.54) is 7.11 Å². The first-order valence-electron chi connectivity index (χ1n) is 6.34. The van der Waals surface area contributed by atoms with Crippen molar-refractivity contribution >= 4 is 45.3 Å². The zero-order valence-electron chi connectivity index (χ0n) is 12.5. The second-order valence-electron chi connectivity index (χ2n) is 4.01. The fraction of sp³-hybridized carbons (Fsp3) is 0.308. The molecular formula is C13H16BrN3O5S. The van der Waals surface area contributed by atoms with E-state index in [4.69, 9.17) is 21.7 Å². The molecular weight excluding hydrogens is 390 g/mol. The van der Waals surface area contributed by atoms with Crippen molar-refractivity contribution in [2.24, 2.45) is 0 Å². The number of hydrogen-bond acceptors (Lipinski definition) is 6. The van der Waals surface area contributed by atoms with Crippen LogP contribution in [0.3, 0.4) is 0 Å². The lowest BCUT2D eigenvalue weighted by molar-refractivity contribution is 0.0975. The number of halogens is 1. The first kappa shape index (κ1) is 19.1. The van der Waals surface area contributed by atoms with Crippen molar-refractivity contribution in [1.82, 2.24) is 16.2 Å². The fourth-order valence-corrected chi connectivity index (χ4v) is 2.00. The highest BCUT2D eigenvalue weighted by Gasteiger charge is 2.11. The molecule has 0 saturated carbocycles. The molecule has 23 heavy (non-hydrogen) atoms. The van der Waals surface area contributed by atoms with E-state index >= 15 is 0 Å². The highest BCUT2D eigenvalue weighted by molar-refractivity contribution is 9.10. The number of nitrogens with one attached hydrogen (secondary N) is 3. The van der Waals surface area contributed by atoms with Crippen molar-refractivity contribution in [3.8, 4) is 5.75 Å². The van der Waals surface area contributed by atoms with Gasteiger partial charge in [-0.15, -0.1) is 0 Å². The summed E-state index contributed by atoms with van der Waals surface area (Å²) in [5.74, 6) is 0.143. The van der Waals surface area contributed by atoms with Crippen LogP contribution < -0.4 is 20.9 Å². The van der Waals surface area contributed by atoms with Crippen LogP contribution in [0, 0.1) is 0 Å². The zero-order chi connectivity index (χ0) is 17.2. The second-order valence-corrected chi connectivity index (χ2v) is 5.27. The standard InChI is InChI=1S/C13H16BrN3O5S/c1-20-5-6-22-10-4-3-8(7-9(10)14)11(18)15-12(23)16-17-13(19)21-2/h3-4,7H,5-6H2,1-2H3,(H,17,19)(H2,15,16,18,23). The maximum atomic E-state index is 12.0. The zero-order valence-corrected chi connectivity index (χ0v) is 14.9. The predicted molar refractivity (Wildman–Crippen MR) is 90.3 cm³/mol. The van der Waals surface area contributed by atoms with E-state index in [2.05, 4.69) is 36.8 Å². The minimum absolute atomic E-state index is 0.0723. The highest BCUT2D eigenvalue weighted by Crippen LogP contribution is 2.25. The molecule has 0 aromatic heterocycles. The molecule has 0 aliphatic heterocycles. The average molecular weight is 406 g/mol. The summed E-state index contributed by atoms with van der Waals surface area (Å²) in [4.78, 5) is 22.9. The molecule has 1 aromatic carbocycles. The van der Waals surface area contributed by atoms with Crippen LogP contribution in [0.4, 0.5) is 4.79 Å². The number of thiocarbonyl (C=S) groups is 1. The quantitative estimate of drug-likeness (QED) is 0.386. The van der Waals surface area contributed by atoms with Crippen molar-refractivity contribution in [1.29, 1.82) is 0 Å². The van der Waals surface area contributed by atoms with Gasteiger partial charge >= 0.3 is 6.09 Å². The summed E-state index contributed by atoms with van der Waals surface area (Å²) in [6.45, 7) is 0.857. The van der Waals surface area contributed by atoms with Gasteiger partial charge in [0.1, 0.15) is 12.4 Å². The van der Waals surface area contributed by atoms with E-state index in [1.807, 2.05) is 0 Å². The van der Waals surface area contributed by atoms with E-state index in [1.54, 1.807) is 25.3 Å². The van der Waals surface area contributed by atoms with Gasteiger partial charge in [-0.2, -0.15) is 0 Å². The number of methoxy groups -OCH3 is 2. The Kier molecular flexibility index (Phi) is 8.30. The number of ether oxygens (including phenoxy) is 3. The van der Waals surface area contributed by atoms with Crippen LogP contribution in [-0.2, 0) is 9.47 Å². The Bertz CT molecular complexity index is 585. The Hall–Kier alpha value is -1.91. The number of benzene rings is 1. The first-order chi connectivity index (χ1) is 11.0. The number of carbonyl (C=O) groups is 2. The molecule has 8 nitrogen and oxygen atoms in total. The minimum Gasteiger partial charge on any atom is -0.490 e. The summed E-state index contributed by atoms with van der Waals surface area (Å²) in [5, 5.41) is 2.33. The van der Waals surface area contributed by atoms with Crippen LogP contribution in [0.25, 0.3) is 0 Å². The van der Waals surface area contributed by atoms with E-state index < -0.39 is 12.0 Å². The van der Waals surface area contributed by atoms with Gasteiger partial charge in [0.05, 0.1) is 18.2 Å². The summed E-state index contributed by atoms with van der Waals surface area (Å²) in [6.07, 6.45) is -0.734. The van der Waals surface area contributed by atoms with Crippen LogP contribution in [0.2, 0.25) is 0 Å². The van der Waals surface area contributed by atoms with Gasteiger partial charge < -0.3 is 14.2 Å². The number of amides is 2. The van der Waals surface area contributed by atoms with Gasteiger partial charge in [-0.3, -0.25) is 15.5 Å². The summed E-state index contributed by atoms with van der Waals surface area (Å²) in [6, 6.07) is 4.82. The van der Waals surface area contributed by atoms with Gasteiger partial charge in [-0.1, -0.05) is 0 Å². The summed E-state index contributed by atoms with van der Waals surface area (Å²) >= 11 is 8.19. The molecule has 0 saturated heterocycles. The minimum atomic E-state index is -0.734. The molecule has 2 amide bonds. The van der Waals surface area contributed by atoms with Crippen molar-refractivity contribution in [3.05, 3.63) is 28.2 Å². The Labute approximate surface area is 146 Å². The molecule has 0 aliphatic carbocycles. The number of rotatable bonds is 5. The molecule has 0 heterocycles. The normalized spacial score (nSPS) is 9.70. The largest absolute Gasteiger partial charge is 0.490 e. The molecule has 0 radical (unpaired) electrons. The van der Waals surface area contributed by atoms with E-state index in [0.717, 1.165) is 0 Å². The molecule has 0 spiro atoms. The van der Waals surface area contributed by atoms with E-state index in [9.17, 15) is 9.59 Å². The van der Waals surface area contributed by atoms with Crippen molar-refractivity contribution < 1.29 is 23.8 Å². The molecule has 10 heteroatoms. The molecule has 0 atom stereocenters. The van der Waals surface area contributed by atoms with E-state index in [0.29, 0.717) is 29.0 Å². The highest BCUT2D eigenvalue weighted by atomic mass is 79.9. The number of hydrogen-bond donors (Lipinski definition) is 3. The third-order valence-corrected chi connectivity index (χ3v) is 3.25. The molecule has 3 N–H and O–H groups in total. The molecule has 0 aliphatic rings. The van der Waals surface area contributed by atoms with Gasteiger partial charge in [0.15, 0.2) is 5.11 Å². The Morgan fingerprint density at radius 3 is 2.57 bits per heavy atom. The van der Waals surface area contributed by atoms with Crippen molar-refractivity contribution in [3.63, 3.8) is 0 Å². The molecule has 1 aromatic rings. The van der Waals surface area contributed by atoms with Crippen LogP contribution >= 0.6 is 28.1 Å². The van der Waals surface area contributed by atoms with Gasteiger partial charge in [-0.25, -0.2) is 10.2 Å². The second kappa shape index (κ2) is 9.98. The lowest BCUT2D eigenvalue weighted by Gasteiger charge is -2.11. The SMILES string of the molecule is COCCOc1ccc(C(=O)NC(=S)NNC(=O)OC)cc1Br. The maximum Gasteiger partial charge on any atom is 0.425 e. The number of carbonyl (C=O) groups excluding carboxylic acids is 2. The third kappa shape index (κ3) is 6.80. The Morgan fingerprint density at radius 2 is 1.96 bits per heavy atom. The maximum absolute atomic E-state index is 12.0. The van der Waals surface area contributed by atoms with Gasteiger partial charge in [-0.05, 0) is 46.3 Å². The lowest BCUT2D eigenvalue weighted by atomic mass is 10.2. The predicted octanol–water partition coefficient (Wildman–Crippen LogP) is 1.35. The average Bonchev–Trinajstić information content (AvgIpc) is 2.54. The van der Waals surface area contributed by atoms with Gasteiger partial charge in [0.2, 0.25) is 0 Å². The van der Waals surface area contributed by atoms with Crippen LogP contribution in [0.5, 0.6) is 5.75 Å². The summed E-state index contributed by atoms with van der Waals surface area (Å²) in [5.41, 5.74) is 4.81. The summed E-state index contributed by atoms with van der Waals surface area (Å²) in [7, 11) is 2.78. The molecule has 0 unspecified atom stereocenters. The van der Waals surface area contributed by atoms with Crippen LogP contribution in [-0.4, -0.2) is 44.5 Å². The van der Waals surface area contributed by atoms with Crippen molar-refractivity contribution in [2.75, 3.05) is 27.4 Å². The van der Waals surface area contributed by atoms with E-state index in [-0.39, 0.29) is 5.11 Å². The van der Waals surface area contributed by atoms with Crippen LogP contribution in [0.1, 0.15) is 10.4 Å². The summed E-state index contributed by atoms with van der Waals surface area (Å²) < 4.78 is 15.3. The Balaban J connectivity index is 2.57. The topological polar surface area (TPSA) is 97.9 Å². The fourth-order valence-electron chi connectivity index (χ4n) is 1.36. The van der Waals surface area contributed by atoms with Gasteiger partial charge in [0, 0.05) is 12.7 Å². The third-order valence-electron chi connectivity index (χ3n) is 2.43. The Morgan fingerprint density at radius 1 is 1.22 bits per heavy atom. The molecule has 1 rings (SSSR count). The van der Waals surface area contributed by atoms with Gasteiger partial charge in [0.25, 0.3) is 5.91 Å². The van der Waals surface area contributed by atoms with Crippen LogP contribution in [0.15, 0.2) is 22.7 Å². The smallest absolute Gasteiger partial charge is 0.425 e. The van der Waals surface area contributed by atoms with Crippen molar-refractivity contribution in [2.45, 2.75) is 0 Å². The molecule has 126 valence electrons. The molecule has 0 fully saturated rings. The first-order valence-corrected chi connectivity index (χ1v) is 7.54. The molecule has 0 bridgehead atoms. The lowest BCUT2D eigenvalue weighted by Crippen LogP contribution is -2.48. The monoisotopic (exact) mass is 405 g/mol. The number of hydrazine groups is 1.